The minimum Gasteiger partial charge on any atom is -0.457 e. The van der Waals surface area contributed by atoms with E-state index in [2.05, 4.69) is 15.0 Å². The van der Waals surface area contributed by atoms with E-state index in [9.17, 15) is 18.0 Å². The number of hydrogen-bond donors (Lipinski definition) is 0. The maximum absolute atomic E-state index is 13.0. The van der Waals surface area contributed by atoms with Crippen LogP contribution in [0.1, 0.15) is 27.4 Å². The minimum absolute atomic E-state index is 0.194. The third kappa shape index (κ3) is 2.80. The first kappa shape index (κ1) is 18.2. The topological polar surface area (TPSA) is 65.0 Å². The molecule has 0 saturated heterocycles. The van der Waals surface area contributed by atoms with E-state index in [0.29, 0.717) is 28.0 Å². The maximum atomic E-state index is 13.0. The van der Waals surface area contributed by atoms with Crippen LogP contribution in [0.15, 0.2) is 54.9 Å². The highest BCUT2D eigenvalue weighted by Crippen LogP contribution is 2.42. The lowest BCUT2D eigenvalue weighted by Gasteiger charge is -2.11. The third-order valence-corrected chi connectivity index (χ3v) is 4.93. The van der Waals surface area contributed by atoms with Gasteiger partial charge in [0, 0.05) is 28.9 Å². The first-order valence-corrected chi connectivity index (χ1v) is 8.98. The van der Waals surface area contributed by atoms with Gasteiger partial charge >= 0.3 is 6.18 Å². The summed E-state index contributed by atoms with van der Waals surface area (Å²) in [5.41, 5.74) is 2.16. The molecule has 0 fully saturated rings. The number of pyridine rings is 1. The lowest BCUT2D eigenvalue weighted by Crippen LogP contribution is -2.13. The summed E-state index contributed by atoms with van der Waals surface area (Å²) in [6, 6.07) is 12.7. The van der Waals surface area contributed by atoms with Crippen molar-refractivity contribution < 1.29 is 22.7 Å². The van der Waals surface area contributed by atoms with Crippen molar-refractivity contribution >= 4 is 16.7 Å². The van der Waals surface area contributed by atoms with Gasteiger partial charge < -0.3 is 4.74 Å². The standard InChI is InChI=1S/C22H12F3N3O2/c1-11-4-2-3-5-17(11)30-12-6-7-16-13(8-12)18-14-9-27-21(22(23,24)25)28-19(14)20(29)15(18)10-26-16/h2-10H,1H3. The number of carbonyl (C=O) groups is 1. The molecule has 2 aromatic carbocycles. The summed E-state index contributed by atoms with van der Waals surface area (Å²) in [6.07, 6.45) is -2.33. The summed E-state index contributed by atoms with van der Waals surface area (Å²) in [5.74, 6) is -0.761. The number of alkyl halides is 3. The molecule has 0 bridgehead atoms. The van der Waals surface area contributed by atoms with Crippen molar-refractivity contribution in [3.63, 3.8) is 0 Å². The quantitative estimate of drug-likeness (QED) is 0.394. The van der Waals surface area contributed by atoms with Gasteiger partial charge in [-0.15, -0.1) is 0 Å². The van der Waals surface area contributed by atoms with Gasteiger partial charge in [-0.2, -0.15) is 13.2 Å². The molecule has 0 N–H and O–H groups in total. The second-order valence-corrected chi connectivity index (χ2v) is 6.88. The SMILES string of the molecule is Cc1ccccc1Oc1ccc2ncc3c(c2c1)-c1cnc(C(F)(F)F)nc1C3=O. The van der Waals surface area contributed by atoms with E-state index in [1.54, 1.807) is 18.2 Å². The first-order chi connectivity index (χ1) is 14.3. The number of nitrogens with zero attached hydrogens (tertiary/aromatic N) is 3. The van der Waals surface area contributed by atoms with E-state index in [-0.39, 0.29) is 16.8 Å². The van der Waals surface area contributed by atoms with Gasteiger partial charge in [0.15, 0.2) is 0 Å². The van der Waals surface area contributed by atoms with Crippen LogP contribution in [-0.2, 0) is 6.18 Å². The van der Waals surface area contributed by atoms with Gasteiger partial charge in [-0.1, -0.05) is 18.2 Å². The van der Waals surface area contributed by atoms with Crippen molar-refractivity contribution in [2.75, 3.05) is 0 Å². The Morgan fingerprint density at radius 3 is 2.50 bits per heavy atom. The van der Waals surface area contributed by atoms with Gasteiger partial charge in [0.2, 0.25) is 11.6 Å². The van der Waals surface area contributed by atoms with Crippen molar-refractivity contribution in [2.45, 2.75) is 13.1 Å². The molecule has 1 aliphatic carbocycles. The van der Waals surface area contributed by atoms with Crippen LogP contribution in [0.2, 0.25) is 0 Å². The molecule has 30 heavy (non-hydrogen) atoms. The monoisotopic (exact) mass is 407 g/mol. The molecule has 0 radical (unpaired) electrons. The van der Waals surface area contributed by atoms with Crippen LogP contribution >= 0.6 is 0 Å². The Morgan fingerprint density at radius 2 is 1.73 bits per heavy atom. The number of aryl methyl sites for hydroxylation is 1. The van der Waals surface area contributed by atoms with Crippen LogP contribution in [0, 0.1) is 6.92 Å². The summed E-state index contributed by atoms with van der Waals surface area (Å²) in [7, 11) is 0. The number of hydrogen-bond acceptors (Lipinski definition) is 5. The Morgan fingerprint density at radius 1 is 0.967 bits per heavy atom. The van der Waals surface area contributed by atoms with Gasteiger partial charge in [-0.3, -0.25) is 9.78 Å². The van der Waals surface area contributed by atoms with E-state index < -0.39 is 17.8 Å². The summed E-state index contributed by atoms with van der Waals surface area (Å²) in [6.45, 7) is 1.92. The van der Waals surface area contributed by atoms with Crippen LogP contribution < -0.4 is 4.74 Å². The molecule has 5 rings (SSSR count). The Balaban J connectivity index is 1.67. The molecule has 0 amide bonds. The predicted octanol–water partition coefficient (Wildman–Crippen LogP) is 5.36. The number of fused-ring (bicyclic) bond motifs is 5. The van der Waals surface area contributed by atoms with Crippen LogP contribution in [0.5, 0.6) is 11.5 Å². The Labute approximate surface area is 168 Å². The molecule has 0 aliphatic heterocycles. The van der Waals surface area contributed by atoms with Gasteiger partial charge in [-0.05, 0) is 36.8 Å². The second-order valence-electron chi connectivity index (χ2n) is 6.88. The first-order valence-electron chi connectivity index (χ1n) is 8.98. The number of halogens is 3. The fraction of sp³-hybridized carbons (Fsp3) is 0.0909. The lowest BCUT2D eigenvalue weighted by molar-refractivity contribution is -0.145. The molecule has 2 aromatic heterocycles. The molecular formula is C22H12F3N3O2. The van der Waals surface area contributed by atoms with Crippen LogP contribution in [0.25, 0.3) is 22.0 Å². The normalized spacial score (nSPS) is 12.7. The zero-order valence-corrected chi connectivity index (χ0v) is 15.5. The summed E-state index contributed by atoms with van der Waals surface area (Å²) < 4.78 is 44.9. The number of ether oxygens (including phenoxy) is 1. The predicted molar refractivity (Wildman–Crippen MR) is 102 cm³/mol. The molecule has 2 heterocycles. The van der Waals surface area contributed by atoms with Crippen molar-refractivity contribution in [3.8, 4) is 22.6 Å². The number of ketones is 1. The molecule has 0 saturated carbocycles. The number of rotatable bonds is 2. The molecule has 148 valence electrons. The third-order valence-electron chi connectivity index (χ3n) is 4.93. The average molecular weight is 407 g/mol. The largest absolute Gasteiger partial charge is 0.457 e. The zero-order valence-electron chi connectivity index (χ0n) is 15.5. The fourth-order valence-electron chi connectivity index (χ4n) is 3.50. The van der Waals surface area contributed by atoms with Crippen molar-refractivity contribution in [2.24, 2.45) is 0 Å². The summed E-state index contributed by atoms with van der Waals surface area (Å²) >= 11 is 0. The van der Waals surface area contributed by atoms with E-state index in [4.69, 9.17) is 4.74 Å². The number of benzene rings is 2. The van der Waals surface area contributed by atoms with Crippen LogP contribution in [-0.4, -0.2) is 20.7 Å². The zero-order chi connectivity index (χ0) is 21.0. The Kier molecular flexibility index (Phi) is 3.86. The lowest BCUT2D eigenvalue weighted by atomic mass is 10.0. The van der Waals surface area contributed by atoms with Crippen LogP contribution in [0.4, 0.5) is 13.2 Å². The molecule has 0 spiro atoms. The van der Waals surface area contributed by atoms with E-state index in [0.717, 1.165) is 11.8 Å². The highest BCUT2D eigenvalue weighted by molar-refractivity contribution is 6.24. The minimum atomic E-state index is -4.74. The summed E-state index contributed by atoms with van der Waals surface area (Å²) in [4.78, 5) is 23.9. The van der Waals surface area contributed by atoms with Gasteiger partial charge in [-0.25, -0.2) is 9.97 Å². The highest BCUT2D eigenvalue weighted by Gasteiger charge is 2.38. The average Bonchev–Trinajstić information content (AvgIpc) is 3.01. The van der Waals surface area contributed by atoms with Gasteiger partial charge in [0.1, 0.15) is 17.2 Å². The van der Waals surface area contributed by atoms with Crippen molar-refractivity contribution in [1.82, 2.24) is 15.0 Å². The highest BCUT2D eigenvalue weighted by atomic mass is 19.4. The van der Waals surface area contributed by atoms with Crippen LogP contribution in [0.3, 0.4) is 0 Å². The van der Waals surface area contributed by atoms with E-state index in [1.807, 2.05) is 31.2 Å². The summed E-state index contributed by atoms with van der Waals surface area (Å²) in [5, 5.41) is 0.578. The number of para-hydroxylation sites is 1. The molecule has 0 unspecified atom stereocenters. The molecule has 1 aliphatic rings. The molecule has 8 heteroatoms. The number of carbonyl (C=O) groups excluding carboxylic acids is 1. The fourth-order valence-corrected chi connectivity index (χ4v) is 3.50. The Bertz CT molecular complexity index is 1350. The molecule has 4 aromatic rings. The van der Waals surface area contributed by atoms with Gasteiger partial charge in [0.25, 0.3) is 0 Å². The maximum Gasteiger partial charge on any atom is 0.451 e. The van der Waals surface area contributed by atoms with E-state index >= 15 is 0 Å². The molecular weight excluding hydrogens is 395 g/mol. The second kappa shape index (κ2) is 6.35. The van der Waals surface area contributed by atoms with Crippen molar-refractivity contribution in [3.05, 3.63) is 77.5 Å². The molecule has 0 atom stereocenters. The molecule has 5 nitrogen and oxygen atoms in total. The van der Waals surface area contributed by atoms with Crippen molar-refractivity contribution in [1.29, 1.82) is 0 Å². The Hall–Kier alpha value is -3.81. The van der Waals surface area contributed by atoms with Gasteiger partial charge in [0.05, 0.1) is 11.1 Å². The number of aromatic nitrogens is 3. The van der Waals surface area contributed by atoms with E-state index in [1.165, 1.54) is 6.20 Å². The smallest absolute Gasteiger partial charge is 0.451 e.